The molecule has 4 rings (SSSR count). The first-order valence-electron chi connectivity index (χ1n) is 9.44. The summed E-state index contributed by atoms with van der Waals surface area (Å²) >= 11 is 0. The van der Waals surface area contributed by atoms with E-state index in [4.69, 9.17) is 13.9 Å². The molecular formula is C22H24NO5+. The average molecular weight is 382 g/mol. The van der Waals surface area contributed by atoms with E-state index in [0.717, 1.165) is 13.1 Å². The summed E-state index contributed by atoms with van der Waals surface area (Å²) in [7, 11) is 3.12. The van der Waals surface area contributed by atoms with Crippen LogP contribution in [-0.2, 0) is 6.54 Å². The first-order valence-corrected chi connectivity index (χ1v) is 9.44. The van der Waals surface area contributed by atoms with Gasteiger partial charge in [-0.1, -0.05) is 6.07 Å². The molecule has 0 atom stereocenters. The van der Waals surface area contributed by atoms with Crippen molar-refractivity contribution >= 4 is 11.0 Å². The van der Waals surface area contributed by atoms with Crippen molar-refractivity contribution in [1.82, 2.24) is 0 Å². The van der Waals surface area contributed by atoms with Gasteiger partial charge in [0.25, 0.3) is 0 Å². The van der Waals surface area contributed by atoms with Crippen LogP contribution in [0.25, 0.3) is 22.1 Å². The van der Waals surface area contributed by atoms with Crippen molar-refractivity contribution < 1.29 is 23.9 Å². The molecule has 6 heteroatoms. The van der Waals surface area contributed by atoms with E-state index in [2.05, 4.69) is 0 Å². The SMILES string of the molecule is COc1ccc(-c2coc3c(C[NH+]4CCCC4)c(O)ccc3c2=O)cc1OC. The smallest absolute Gasteiger partial charge is 0.200 e. The summed E-state index contributed by atoms with van der Waals surface area (Å²) in [5, 5.41) is 10.8. The second kappa shape index (κ2) is 7.56. The van der Waals surface area contributed by atoms with E-state index in [0.29, 0.717) is 45.7 Å². The number of nitrogens with one attached hydrogen (secondary N) is 1. The van der Waals surface area contributed by atoms with Gasteiger partial charge < -0.3 is 23.9 Å². The van der Waals surface area contributed by atoms with Crippen molar-refractivity contribution in [2.45, 2.75) is 19.4 Å². The molecule has 1 aliphatic heterocycles. The van der Waals surface area contributed by atoms with Gasteiger partial charge in [-0.05, 0) is 29.8 Å². The molecule has 0 radical (unpaired) electrons. The molecule has 0 unspecified atom stereocenters. The van der Waals surface area contributed by atoms with Crippen LogP contribution in [0.2, 0.25) is 0 Å². The van der Waals surface area contributed by atoms with Crippen LogP contribution in [0.15, 0.2) is 45.8 Å². The normalized spacial score (nSPS) is 14.5. The summed E-state index contributed by atoms with van der Waals surface area (Å²) in [5.41, 5.74) is 2.16. The van der Waals surface area contributed by atoms with Crippen LogP contribution in [0.4, 0.5) is 0 Å². The second-order valence-corrected chi connectivity index (χ2v) is 7.12. The minimum atomic E-state index is -0.133. The monoisotopic (exact) mass is 382 g/mol. The number of hydrogen-bond acceptors (Lipinski definition) is 5. The number of aromatic hydroxyl groups is 1. The third-order valence-corrected chi connectivity index (χ3v) is 5.45. The van der Waals surface area contributed by atoms with E-state index >= 15 is 0 Å². The number of hydrogen-bond donors (Lipinski definition) is 2. The van der Waals surface area contributed by atoms with Gasteiger partial charge in [0.05, 0.1) is 43.8 Å². The highest BCUT2D eigenvalue weighted by Gasteiger charge is 2.22. The molecule has 28 heavy (non-hydrogen) atoms. The average Bonchev–Trinajstić information content (AvgIpc) is 3.23. The minimum Gasteiger partial charge on any atom is -0.507 e. The highest BCUT2D eigenvalue weighted by molar-refractivity contribution is 5.85. The summed E-state index contributed by atoms with van der Waals surface area (Å²) in [6, 6.07) is 8.53. The van der Waals surface area contributed by atoms with Crippen molar-refractivity contribution in [2.75, 3.05) is 27.3 Å². The van der Waals surface area contributed by atoms with E-state index in [1.54, 1.807) is 44.6 Å². The zero-order valence-electron chi connectivity index (χ0n) is 16.1. The molecule has 146 valence electrons. The van der Waals surface area contributed by atoms with Gasteiger partial charge in [0.1, 0.15) is 24.1 Å². The molecule has 0 aliphatic carbocycles. The summed E-state index contributed by atoms with van der Waals surface area (Å²) < 4.78 is 16.5. The predicted octanol–water partition coefficient (Wildman–Crippen LogP) is 2.36. The van der Waals surface area contributed by atoms with Crippen molar-refractivity contribution in [3.63, 3.8) is 0 Å². The number of quaternary nitrogens is 1. The Labute approximate surface area is 162 Å². The van der Waals surface area contributed by atoms with E-state index in [9.17, 15) is 9.90 Å². The fourth-order valence-electron chi connectivity index (χ4n) is 3.92. The highest BCUT2D eigenvalue weighted by atomic mass is 16.5. The predicted molar refractivity (Wildman–Crippen MR) is 106 cm³/mol. The molecule has 6 nitrogen and oxygen atoms in total. The minimum absolute atomic E-state index is 0.133. The molecule has 2 aromatic carbocycles. The molecule has 3 aromatic rings. The van der Waals surface area contributed by atoms with Crippen molar-refractivity contribution in [2.24, 2.45) is 0 Å². The van der Waals surface area contributed by atoms with Crippen LogP contribution in [0.3, 0.4) is 0 Å². The maximum atomic E-state index is 13.2. The number of likely N-dealkylation sites (tertiary alicyclic amines) is 1. The first kappa shape index (κ1) is 18.4. The van der Waals surface area contributed by atoms with Gasteiger partial charge in [-0.3, -0.25) is 4.79 Å². The molecule has 2 N–H and O–H groups in total. The van der Waals surface area contributed by atoms with E-state index < -0.39 is 0 Å². The Morgan fingerprint density at radius 3 is 2.54 bits per heavy atom. The number of phenolic OH excluding ortho intramolecular Hbond substituents is 1. The van der Waals surface area contributed by atoms with Crippen LogP contribution < -0.4 is 19.8 Å². The molecule has 2 heterocycles. The van der Waals surface area contributed by atoms with Gasteiger partial charge in [0, 0.05) is 12.8 Å². The molecule has 1 saturated heterocycles. The summed E-state index contributed by atoms with van der Waals surface area (Å²) in [6.45, 7) is 2.80. The Bertz CT molecular complexity index is 1070. The largest absolute Gasteiger partial charge is 0.507 e. The molecule has 1 fully saturated rings. The van der Waals surface area contributed by atoms with Crippen molar-refractivity contribution in [3.05, 3.63) is 52.4 Å². The zero-order valence-corrected chi connectivity index (χ0v) is 16.1. The van der Waals surface area contributed by atoms with Gasteiger partial charge in [0.2, 0.25) is 5.43 Å². The van der Waals surface area contributed by atoms with Crippen LogP contribution >= 0.6 is 0 Å². The van der Waals surface area contributed by atoms with Gasteiger partial charge in [-0.15, -0.1) is 0 Å². The fourth-order valence-corrected chi connectivity index (χ4v) is 3.92. The lowest BCUT2D eigenvalue weighted by molar-refractivity contribution is -0.901. The number of ether oxygens (including phenoxy) is 2. The maximum absolute atomic E-state index is 13.2. The summed E-state index contributed by atoms with van der Waals surface area (Å²) in [4.78, 5) is 14.6. The van der Waals surface area contributed by atoms with Crippen molar-refractivity contribution in [1.29, 1.82) is 0 Å². The Kier molecular flexibility index (Phi) is 4.96. The molecule has 0 bridgehead atoms. The third-order valence-electron chi connectivity index (χ3n) is 5.45. The van der Waals surface area contributed by atoms with E-state index in [1.807, 2.05) is 0 Å². The van der Waals surface area contributed by atoms with Crippen LogP contribution in [0.1, 0.15) is 18.4 Å². The van der Waals surface area contributed by atoms with Gasteiger partial charge in [-0.25, -0.2) is 0 Å². The Hall–Kier alpha value is -2.99. The molecule has 0 amide bonds. The van der Waals surface area contributed by atoms with Crippen LogP contribution in [-0.4, -0.2) is 32.4 Å². The van der Waals surface area contributed by atoms with E-state index in [-0.39, 0.29) is 11.2 Å². The quantitative estimate of drug-likeness (QED) is 0.709. The topological polar surface area (TPSA) is 73.3 Å². The van der Waals surface area contributed by atoms with Gasteiger partial charge in [0.15, 0.2) is 11.5 Å². The Balaban J connectivity index is 1.81. The molecule has 1 aromatic heterocycles. The number of benzene rings is 2. The molecule has 0 saturated carbocycles. The van der Waals surface area contributed by atoms with Gasteiger partial charge >= 0.3 is 0 Å². The fraction of sp³-hybridized carbons (Fsp3) is 0.318. The van der Waals surface area contributed by atoms with Gasteiger partial charge in [-0.2, -0.15) is 0 Å². The molecule has 0 spiro atoms. The second-order valence-electron chi connectivity index (χ2n) is 7.12. The lowest BCUT2D eigenvalue weighted by Gasteiger charge is -2.14. The molecule has 1 aliphatic rings. The van der Waals surface area contributed by atoms with E-state index in [1.165, 1.54) is 24.0 Å². The van der Waals surface area contributed by atoms with Crippen LogP contribution in [0.5, 0.6) is 17.2 Å². The lowest BCUT2D eigenvalue weighted by atomic mass is 10.0. The van der Waals surface area contributed by atoms with Crippen LogP contribution in [0, 0.1) is 0 Å². The standard InChI is InChI=1S/C22H23NO5/c1-26-19-8-5-14(11-20(19)27-2)17-13-28-22-15(21(17)25)6-7-18(24)16(22)12-23-9-3-4-10-23/h5-8,11,13,24H,3-4,9-10,12H2,1-2H3/p+1. The summed E-state index contributed by atoms with van der Waals surface area (Å²) in [6.07, 6.45) is 3.84. The Morgan fingerprint density at radius 2 is 1.82 bits per heavy atom. The zero-order chi connectivity index (χ0) is 19.7. The molecular weight excluding hydrogens is 358 g/mol. The number of rotatable bonds is 5. The first-order chi connectivity index (χ1) is 13.6. The number of methoxy groups -OCH3 is 2. The third kappa shape index (κ3) is 3.20. The number of fused-ring (bicyclic) bond motifs is 1. The maximum Gasteiger partial charge on any atom is 0.200 e. The van der Waals surface area contributed by atoms with Crippen molar-refractivity contribution in [3.8, 4) is 28.4 Å². The summed E-state index contributed by atoms with van der Waals surface area (Å²) in [5.74, 6) is 1.31. The Morgan fingerprint density at radius 1 is 1.07 bits per heavy atom. The number of phenols is 1. The lowest BCUT2D eigenvalue weighted by Crippen LogP contribution is -3.08. The highest BCUT2D eigenvalue weighted by Crippen LogP contribution is 2.33.